The first-order valence-corrected chi connectivity index (χ1v) is 10.0. The molecule has 0 fully saturated rings. The molecule has 0 aliphatic carbocycles. The number of benzene rings is 2. The van der Waals surface area contributed by atoms with Gasteiger partial charge in [0.1, 0.15) is 11.5 Å². The maximum absolute atomic E-state index is 8.91. The van der Waals surface area contributed by atoms with Gasteiger partial charge in [0.15, 0.2) is 11.0 Å². The van der Waals surface area contributed by atoms with E-state index in [0.29, 0.717) is 6.54 Å². The van der Waals surface area contributed by atoms with E-state index in [4.69, 9.17) is 14.6 Å². The average molecular weight is 402 g/mol. The molecule has 7 nitrogen and oxygen atoms in total. The van der Waals surface area contributed by atoms with Crippen LogP contribution in [0.3, 0.4) is 0 Å². The third kappa shape index (κ3) is 4.83. The third-order valence-electron chi connectivity index (χ3n) is 4.18. The van der Waals surface area contributed by atoms with Crippen molar-refractivity contribution in [3.63, 3.8) is 0 Å². The highest BCUT2D eigenvalue weighted by atomic mass is 32.2. The van der Waals surface area contributed by atoms with Crippen molar-refractivity contribution in [2.24, 2.45) is 0 Å². The van der Waals surface area contributed by atoms with E-state index in [1.807, 2.05) is 53.1 Å². The lowest BCUT2D eigenvalue weighted by Gasteiger charge is -2.11. The van der Waals surface area contributed by atoms with Crippen LogP contribution < -0.4 is 14.8 Å². The Hall–Kier alpha value is -2.55. The molecule has 0 bridgehead atoms. The third-order valence-corrected chi connectivity index (χ3v) is 5.14. The van der Waals surface area contributed by atoms with Crippen molar-refractivity contribution in [3.05, 3.63) is 48.5 Å². The Morgan fingerprint density at radius 2 is 1.79 bits per heavy atom. The number of ether oxygens (including phenoxy) is 2. The van der Waals surface area contributed by atoms with Gasteiger partial charge in [-0.25, -0.2) is 0 Å². The summed E-state index contributed by atoms with van der Waals surface area (Å²) in [5.41, 5.74) is 1.90. The summed E-state index contributed by atoms with van der Waals surface area (Å²) in [6, 6.07) is 15.6. The number of aliphatic hydroxyl groups excluding tert-OH is 1. The van der Waals surface area contributed by atoms with Crippen LogP contribution in [0.2, 0.25) is 0 Å². The van der Waals surface area contributed by atoms with E-state index >= 15 is 0 Å². The summed E-state index contributed by atoms with van der Waals surface area (Å²) in [6.07, 6.45) is 0. The van der Waals surface area contributed by atoms with Crippen LogP contribution in [-0.2, 0) is 0 Å². The van der Waals surface area contributed by atoms with Crippen LogP contribution >= 0.6 is 11.8 Å². The topological polar surface area (TPSA) is 86.0 Å². The van der Waals surface area contributed by atoms with Crippen molar-refractivity contribution < 1.29 is 19.9 Å². The zero-order chi connectivity index (χ0) is 19.8. The molecular weight excluding hydrogens is 376 g/mol. The Morgan fingerprint density at radius 1 is 1.00 bits per heavy atom. The maximum Gasteiger partial charge on any atom is 0.196 e. The van der Waals surface area contributed by atoms with Gasteiger partial charge in [0.05, 0.1) is 39.7 Å². The summed E-state index contributed by atoms with van der Waals surface area (Å²) in [6.45, 7) is 1.79. The maximum atomic E-state index is 8.91. The smallest absolute Gasteiger partial charge is 0.196 e. The van der Waals surface area contributed by atoms with Crippen LogP contribution in [-0.4, -0.2) is 59.5 Å². The Bertz CT molecular complexity index is 883. The first-order chi connectivity index (χ1) is 13.8. The van der Waals surface area contributed by atoms with Gasteiger partial charge in [-0.05, 0) is 36.4 Å². The monoisotopic (exact) mass is 401 g/mol. The van der Waals surface area contributed by atoms with E-state index in [1.54, 1.807) is 26.0 Å². The summed E-state index contributed by atoms with van der Waals surface area (Å²) in [5, 5.41) is 20.7. The molecule has 28 heavy (non-hydrogen) atoms. The van der Waals surface area contributed by atoms with Crippen LogP contribution in [0.25, 0.3) is 17.1 Å². The summed E-state index contributed by atoms with van der Waals surface area (Å²) in [4.78, 5) is 0. The molecular formula is C20H25N4O3S+. The van der Waals surface area contributed by atoms with Gasteiger partial charge in [-0.3, -0.25) is 4.57 Å². The summed E-state index contributed by atoms with van der Waals surface area (Å²) in [5.74, 6) is 3.19. The second kappa shape index (κ2) is 10.1. The first kappa shape index (κ1) is 20.2. The molecule has 2 aromatic carbocycles. The highest BCUT2D eigenvalue weighted by molar-refractivity contribution is 7.99. The summed E-state index contributed by atoms with van der Waals surface area (Å²) < 4.78 is 12.7. The number of quaternary nitrogens is 1. The predicted octanol–water partition coefficient (Wildman–Crippen LogP) is 1.60. The number of hydrogen-bond acceptors (Lipinski definition) is 6. The largest absolute Gasteiger partial charge is 0.497 e. The summed E-state index contributed by atoms with van der Waals surface area (Å²) >= 11 is 1.64. The van der Waals surface area contributed by atoms with Gasteiger partial charge in [-0.1, -0.05) is 23.9 Å². The van der Waals surface area contributed by atoms with Crippen molar-refractivity contribution in [3.8, 4) is 28.6 Å². The molecule has 8 heteroatoms. The van der Waals surface area contributed by atoms with Crippen LogP contribution in [0.1, 0.15) is 0 Å². The van der Waals surface area contributed by atoms with E-state index in [0.717, 1.165) is 46.0 Å². The number of rotatable bonds is 10. The van der Waals surface area contributed by atoms with Crippen LogP contribution in [0.4, 0.5) is 0 Å². The number of methoxy groups -OCH3 is 2. The fourth-order valence-corrected chi connectivity index (χ4v) is 3.63. The number of aromatic nitrogens is 3. The van der Waals surface area contributed by atoms with Gasteiger partial charge < -0.3 is 19.9 Å². The minimum atomic E-state index is 0.187. The highest BCUT2D eigenvalue weighted by Crippen LogP contribution is 2.30. The van der Waals surface area contributed by atoms with Gasteiger partial charge in [0.2, 0.25) is 0 Å². The van der Waals surface area contributed by atoms with E-state index in [1.165, 1.54) is 0 Å². The van der Waals surface area contributed by atoms with E-state index < -0.39 is 0 Å². The molecule has 0 saturated carbocycles. The number of nitrogens with two attached hydrogens (primary N) is 1. The minimum Gasteiger partial charge on any atom is -0.497 e. The molecule has 1 heterocycles. The second-order valence-electron chi connectivity index (χ2n) is 6.01. The van der Waals surface area contributed by atoms with E-state index in [2.05, 4.69) is 15.5 Å². The van der Waals surface area contributed by atoms with Crippen molar-refractivity contribution in [1.82, 2.24) is 14.8 Å². The number of thioether (sulfide) groups is 1. The Morgan fingerprint density at radius 3 is 2.50 bits per heavy atom. The van der Waals surface area contributed by atoms with E-state index in [-0.39, 0.29) is 6.61 Å². The van der Waals surface area contributed by atoms with Crippen LogP contribution in [0, 0.1) is 0 Å². The lowest BCUT2D eigenvalue weighted by Crippen LogP contribution is -2.85. The molecule has 148 valence electrons. The molecule has 0 spiro atoms. The van der Waals surface area contributed by atoms with Crippen LogP contribution in [0.15, 0.2) is 53.7 Å². The molecule has 3 N–H and O–H groups in total. The fourth-order valence-electron chi connectivity index (χ4n) is 2.75. The highest BCUT2D eigenvalue weighted by Gasteiger charge is 2.17. The molecule has 0 aliphatic rings. The first-order valence-electron chi connectivity index (χ1n) is 9.06. The number of nitrogens with zero attached hydrogens (tertiary/aromatic N) is 3. The van der Waals surface area contributed by atoms with Gasteiger partial charge >= 0.3 is 0 Å². The van der Waals surface area contributed by atoms with Crippen molar-refractivity contribution in [2.75, 3.05) is 39.7 Å². The van der Waals surface area contributed by atoms with Crippen molar-refractivity contribution in [2.45, 2.75) is 5.16 Å². The molecule has 0 unspecified atom stereocenters. The molecule has 0 amide bonds. The second-order valence-corrected chi connectivity index (χ2v) is 7.07. The molecule has 0 saturated heterocycles. The van der Waals surface area contributed by atoms with Crippen molar-refractivity contribution >= 4 is 11.8 Å². The molecule has 3 aromatic rings. The zero-order valence-corrected chi connectivity index (χ0v) is 16.9. The molecule has 1 aromatic heterocycles. The lowest BCUT2D eigenvalue weighted by molar-refractivity contribution is -0.651. The van der Waals surface area contributed by atoms with Crippen LogP contribution in [0.5, 0.6) is 11.5 Å². The fraction of sp³-hybridized carbons (Fsp3) is 0.300. The Kier molecular flexibility index (Phi) is 7.30. The van der Waals surface area contributed by atoms with Crippen molar-refractivity contribution in [1.29, 1.82) is 0 Å². The quantitative estimate of drug-likeness (QED) is 0.396. The number of aliphatic hydroxyl groups is 1. The Labute approximate surface area is 168 Å². The minimum absolute atomic E-state index is 0.187. The zero-order valence-electron chi connectivity index (χ0n) is 16.0. The molecule has 0 radical (unpaired) electrons. The average Bonchev–Trinajstić information content (AvgIpc) is 3.17. The summed E-state index contributed by atoms with van der Waals surface area (Å²) in [7, 11) is 3.30. The SMILES string of the molecule is COc1ccc(-n2c(SCC[NH2+]CCO)nnc2-c2cccc(OC)c2)cc1. The normalized spacial score (nSPS) is 10.8. The standard InChI is InChI=1S/C20H24N4O3S/c1-26-17-8-6-16(7-9-17)24-19(15-4-3-5-18(14-15)27-2)22-23-20(24)28-13-11-21-10-12-25/h3-9,14,21,25H,10-13H2,1-2H3/p+1. The molecule has 3 rings (SSSR count). The van der Waals surface area contributed by atoms with Gasteiger partial charge in [0, 0.05) is 11.3 Å². The predicted molar refractivity (Wildman–Crippen MR) is 109 cm³/mol. The van der Waals surface area contributed by atoms with Gasteiger partial charge in [-0.2, -0.15) is 0 Å². The van der Waals surface area contributed by atoms with E-state index in [9.17, 15) is 0 Å². The number of hydrogen-bond donors (Lipinski definition) is 2. The lowest BCUT2D eigenvalue weighted by atomic mass is 10.2. The van der Waals surface area contributed by atoms with Gasteiger partial charge in [-0.15, -0.1) is 10.2 Å². The molecule has 0 atom stereocenters. The Balaban J connectivity index is 1.94. The van der Waals surface area contributed by atoms with Gasteiger partial charge in [0.25, 0.3) is 0 Å². The molecule has 0 aliphatic heterocycles.